The van der Waals surface area contributed by atoms with Crippen molar-refractivity contribution in [2.75, 3.05) is 13.2 Å². The lowest BCUT2D eigenvalue weighted by molar-refractivity contribution is 0.116. The van der Waals surface area contributed by atoms with E-state index in [1.807, 2.05) is 0 Å². The molecule has 2 N–H and O–H groups in total. The van der Waals surface area contributed by atoms with Crippen LogP contribution in [-0.4, -0.2) is 19.3 Å². The van der Waals surface area contributed by atoms with Gasteiger partial charge in [-0.15, -0.1) is 0 Å². The van der Waals surface area contributed by atoms with Crippen LogP contribution in [0.15, 0.2) is 30.4 Å². The first-order valence-electron chi connectivity index (χ1n) is 9.86. The molecule has 0 bridgehead atoms. The third-order valence-electron chi connectivity index (χ3n) is 5.70. The molecule has 3 rings (SSSR count). The van der Waals surface area contributed by atoms with Crippen molar-refractivity contribution < 1.29 is 4.74 Å². The molecule has 2 aliphatic rings. The van der Waals surface area contributed by atoms with Crippen molar-refractivity contribution in [1.82, 2.24) is 0 Å². The second kappa shape index (κ2) is 8.82. The third-order valence-corrected chi connectivity index (χ3v) is 5.70. The van der Waals surface area contributed by atoms with Crippen molar-refractivity contribution in [1.29, 1.82) is 0 Å². The number of hydrogen-bond acceptors (Lipinski definition) is 2. The van der Waals surface area contributed by atoms with Gasteiger partial charge in [-0.3, -0.25) is 0 Å². The van der Waals surface area contributed by atoms with Crippen molar-refractivity contribution in [3.63, 3.8) is 0 Å². The summed E-state index contributed by atoms with van der Waals surface area (Å²) in [6.45, 7) is 3.87. The van der Waals surface area contributed by atoms with Crippen LogP contribution in [0.2, 0.25) is 0 Å². The minimum Gasteiger partial charge on any atom is -0.377 e. The highest BCUT2D eigenvalue weighted by Crippen LogP contribution is 2.36. The molecular formula is C22H33NO. The first-order valence-corrected chi connectivity index (χ1v) is 9.86. The number of aryl methyl sites for hydroxylation is 1. The van der Waals surface area contributed by atoms with Gasteiger partial charge in [0.1, 0.15) is 0 Å². The Morgan fingerprint density at radius 2 is 2.08 bits per heavy atom. The fraction of sp³-hybridized carbons (Fsp3) is 0.636. The van der Waals surface area contributed by atoms with Gasteiger partial charge in [-0.2, -0.15) is 0 Å². The molecule has 0 aromatic heterocycles. The molecular weight excluding hydrogens is 294 g/mol. The average molecular weight is 328 g/mol. The highest BCUT2D eigenvalue weighted by molar-refractivity contribution is 5.36. The fourth-order valence-corrected chi connectivity index (χ4v) is 4.22. The number of allylic oxidation sites excluding steroid dienone is 1. The molecule has 1 fully saturated rings. The number of hydrogen-bond donors (Lipinski definition) is 1. The summed E-state index contributed by atoms with van der Waals surface area (Å²) in [7, 11) is 0. The van der Waals surface area contributed by atoms with Gasteiger partial charge < -0.3 is 10.5 Å². The Balaban J connectivity index is 1.49. The summed E-state index contributed by atoms with van der Waals surface area (Å²) in [5.74, 6) is 1.38. The molecule has 24 heavy (non-hydrogen) atoms. The van der Waals surface area contributed by atoms with Crippen LogP contribution in [-0.2, 0) is 17.6 Å². The van der Waals surface area contributed by atoms with E-state index in [4.69, 9.17) is 10.5 Å². The van der Waals surface area contributed by atoms with Gasteiger partial charge in [-0.05, 0) is 73.5 Å². The molecule has 2 aliphatic carbocycles. The van der Waals surface area contributed by atoms with E-state index in [2.05, 4.69) is 37.3 Å². The lowest BCUT2D eigenvalue weighted by Crippen LogP contribution is -2.19. The second-order valence-corrected chi connectivity index (χ2v) is 7.70. The van der Waals surface area contributed by atoms with Crippen molar-refractivity contribution in [3.8, 4) is 0 Å². The largest absolute Gasteiger partial charge is 0.377 e. The van der Waals surface area contributed by atoms with Gasteiger partial charge in [0.05, 0.1) is 13.2 Å². The number of ether oxygens (including phenoxy) is 1. The molecule has 3 atom stereocenters. The SMILES string of the molecule is CCC/C=C/COCC1CCc2cc(C3CCC(N)C3)ccc2C1. The Bertz CT molecular complexity index is 551. The summed E-state index contributed by atoms with van der Waals surface area (Å²) in [5, 5.41) is 0. The molecule has 0 aliphatic heterocycles. The van der Waals surface area contributed by atoms with Crippen molar-refractivity contribution in [2.24, 2.45) is 11.7 Å². The maximum Gasteiger partial charge on any atom is 0.0647 e. The third kappa shape index (κ3) is 4.70. The van der Waals surface area contributed by atoms with Crippen LogP contribution < -0.4 is 5.73 Å². The summed E-state index contributed by atoms with van der Waals surface area (Å²) < 4.78 is 5.85. The number of fused-ring (bicyclic) bond motifs is 1. The minimum absolute atomic E-state index is 0.416. The van der Waals surface area contributed by atoms with E-state index in [9.17, 15) is 0 Å². The molecule has 3 unspecified atom stereocenters. The molecule has 0 heterocycles. The molecule has 132 valence electrons. The minimum atomic E-state index is 0.416. The van der Waals surface area contributed by atoms with Crippen molar-refractivity contribution >= 4 is 0 Å². The number of unbranched alkanes of at least 4 members (excludes halogenated alkanes) is 1. The zero-order valence-corrected chi connectivity index (χ0v) is 15.2. The van der Waals surface area contributed by atoms with Crippen LogP contribution in [0.25, 0.3) is 0 Å². The van der Waals surface area contributed by atoms with E-state index >= 15 is 0 Å². The fourth-order valence-electron chi connectivity index (χ4n) is 4.22. The maximum atomic E-state index is 6.08. The van der Waals surface area contributed by atoms with Crippen LogP contribution in [0.4, 0.5) is 0 Å². The first kappa shape index (κ1) is 17.7. The Hall–Kier alpha value is -1.12. The molecule has 0 radical (unpaired) electrons. The summed E-state index contributed by atoms with van der Waals surface area (Å²) in [6.07, 6.45) is 14.0. The van der Waals surface area contributed by atoms with E-state index < -0.39 is 0 Å². The lowest BCUT2D eigenvalue weighted by atomic mass is 9.82. The zero-order valence-electron chi connectivity index (χ0n) is 15.2. The van der Waals surface area contributed by atoms with E-state index in [0.717, 1.165) is 19.6 Å². The molecule has 0 amide bonds. The molecule has 2 heteroatoms. The average Bonchev–Trinajstić information content (AvgIpc) is 3.04. The summed E-state index contributed by atoms with van der Waals surface area (Å²) >= 11 is 0. The maximum absolute atomic E-state index is 6.08. The Morgan fingerprint density at radius 1 is 1.17 bits per heavy atom. The monoisotopic (exact) mass is 327 g/mol. The summed E-state index contributed by atoms with van der Waals surface area (Å²) in [4.78, 5) is 0. The van der Waals surface area contributed by atoms with E-state index in [-0.39, 0.29) is 0 Å². The van der Waals surface area contributed by atoms with E-state index in [1.165, 1.54) is 50.5 Å². The zero-order chi connectivity index (χ0) is 16.8. The molecule has 2 nitrogen and oxygen atoms in total. The number of rotatable bonds is 7. The van der Waals surface area contributed by atoms with Crippen LogP contribution in [0.1, 0.15) is 68.1 Å². The second-order valence-electron chi connectivity index (χ2n) is 7.70. The van der Waals surface area contributed by atoms with Crippen LogP contribution in [0, 0.1) is 5.92 Å². The number of benzene rings is 1. The van der Waals surface area contributed by atoms with Gasteiger partial charge in [0.2, 0.25) is 0 Å². The molecule has 0 spiro atoms. The van der Waals surface area contributed by atoms with Gasteiger partial charge in [0.15, 0.2) is 0 Å². The quantitative estimate of drug-likeness (QED) is 0.579. The van der Waals surface area contributed by atoms with Gasteiger partial charge in [-0.25, -0.2) is 0 Å². The highest BCUT2D eigenvalue weighted by Gasteiger charge is 2.25. The summed E-state index contributed by atoms with van der Waals surface area (Å²) in [6, 6.07) is 7.63. The van der Waals surface area contributed by atoms with Gasteiger partial charge in [-0.1, -0.05) is 43.7 Å². The van der Waals surface area contributed by atoms with Crippen molar-refractivity contribution in [3.05, 3.63) is 47.0 Å². The Kier molecular flexibility index (Phi) is 6.51. The normalized spacial score (nSPS) is 26.8. The standard InChI is InChI=1S/C22H33NO/c1-2-3-4-5-12-24-16-17-6-7-19-14-20(9-8-18(19)13-17)21-10-11-22(23)15-21/h4-5,8-9,14,17,21-22H,2-3,6-7,10-13,15-16,23H2,1H3/b5-4+. The predicted molar refractivity (Wildman–Crippen MR) is 101 cm³/mol. The van der Waals surface area contributed by atoms with Crippen LogP contribution in [0.5, 0.6) is 0 Å². The molecule has 1 aromatic rings. The predicted octanol–water partition coefficient (Wildman–Crippen LogP) is 4.76. The molecule has 0 saturated heterocycles. The Labute approximate surface area is 147 Å². The Morgan fingerprint density at radius 3 is 2.88 bits per heavy atom. The topological polar surface area (TPSA) is 35.2 Å². The molecule has 1 aromatic carbocycles. The van der Waals surface area contributed by atoms with Gasteiger partial charge in [0.25, 0.3) is 0 Å². The van der Waals surface area contributed by atoms with Gasteiger partial charge in [0, 0.05) is 6.04 Å². The van der Waals surface area contributed by atoms with Crippen molar-refractivity contribution in [2.45, 2.75) is 70.3 Å². The number of nitrogens with two attached hydrogens (primary N) is 1. The smallest absolute Gasteiger partial charge is 0.0647 e. The summed E-state index contributed by atoms with van der Waals surface area (Å²) in [5.41, 5.74) is 10.7. The lowest BCUT2D eigenvalue weighted by Gasteiger charge is -2.25. The highest BCUT2D eigenvalue weighted by atomic mass is 16.5. The van der Waals surface area contributed by atoms with Gasteiger partial charge >= 0.3 is 0 Å². The van der Waals surface area contributed by atoms with E-state index in [0.29, 0.717) is 17.9 Å². The van der Waals surface area contributed by atoms with Crippen LogP contribution >= 0.6 is 0 Å². The van der Waals surface area contributed by atoms with Crippen LogP contribution in [0.3, 0.4) is 0 Å². The van der Waals surface area contributed by atoms with E-state index in [1.54, 1.807) is 11.1 Å². The first-order chi connectivity index (χ1) is 11.8. The molecule has 1 saturated carbocycles.